The lowest BCUT2D eigenvalue weighted by Crippen LogP contribution is -2.22. The fourth-order valence-corrected chi connectivity index (χ4v) is 3.90. The number of amides is 1. The molecular weight excluding hydrogens is 430 g/mol. The van der Waals surface area contributed by atoms with Crippen LogP contribution in [0.1, 0.15) is 18.2 Å². The summed E-state index contributed by atoms with van der Waals surface area (Å²) in [5.41, 5.74) is 1.85. The monoisotopic (exact) mass is 449 g/mol. The molecule has 0 aliphatic carbocycles. The highest BCUT2D eigenvalue weighted by atomic mass is 32.1. The first-order chi connectivity index (χ1) is 15.5. The van der Waals surface area contributed by atoms with Crippen LogP contribution in [0.15, 0.2) is 64.6 Å². The maximum atomic E-state index is 12.4. The van der Waals surface area contributed by atoms with Crippen LogP contribution in [0.5, 0.6) is 11.5 Å². The molecule has 0 saturated carbocycles. The summed E-state index contributed by atoms with van der Waals surface area (Å²) in [5, 5.41) is 2.24. The lowest BCUT2D eigenvalue weighted by atomic mass is 10.2. The second kappa shape index (κ2) is 9.03. The summed E-state index contributed by atoms with van der Waals surface area (Å²) >= 11 is 1.29. The number of anilines is 2. The lowest BCUT2D eigenvalue weighted by Gasteiger charge is -2.17. The van der Waals surface area contributed by atoms with Crippen LogP contribution in [-0.4, -0.2) is 37.0 Å². The predicted molar refractivity (Wildman–Crippen MR) is 122 cm³/mol. The van der Waals surface area contributed by atoms with Crippen molar-refractivity contribution in [1.29, 1.82) is 0 Å². The molecule has 8 nitrogen and oxygen atoms in total. The quantitative estimate of drug-likeness (QED) is 0.414. The van der Waals surface area contributed by atoms with Crippen molar-refractivity contribution in [2.45, 2.75) is 6.92 Å². The average Bonchev–Trinajstić information content (AvgIpc) is 3.41. The highest BCUT2D eigenvalue weighted by Gasteiger charge is 2.26. The van der Waals surface area contributed by atoms with E-state index >= 15 is 0 Å². The summed E-state index contributed by atoms with van der Waals surface area (Å²) in [4.78, 5) is 34.9. The maximum Gasteiger partial charge on any atom is 0.363 e. The van der Waals surface area contributed by atoms with Gasteiger partial charge in [-0.05, 0) is 30.3 Å². The Balaban J connectivity index is 1.64. The number of nitrogens with zero attached hydrogens (tertiary/aromatic N) is 3. The zero-order chi connectivity index (χ0) is 22.7. The zero-order valence-corrected chi connectivity index (χ0v) is 18.4. The number of hydrogen-bond donors (Lipinski definition) is 0. The van der Waals surface area contributed by atoms with Gasteiger partial charge in [-0.1, -0.05) is 18.2 Å². The van der Waals surface area contributed by atoms with Crippen LogP contribution in [0.25, 0.3) is 6.08 Å². The molecule has 2 aromatic carbocycles. The number of carbonyl (C=O) groups is 2. The number of aromatic nitrogens is 1. The summed E-state index contributed by atoms with van der Waals surface area (Å²) in [5.74, 6) is 0.471. The van der Waals surface area contributed by atoms with Crippen molar-refractivity contribution in [3.8, 4) is 11.5 Å². The van der Waals surface area contributed by atoms with Gasteiger partial charge in [0.05, 0.1) is 25.6 Å². The summed E-state index contributed by atoms with van der Waals surface area (Å²) in [6, 6.07) is 14.3. The van der Waals surface area contributed by atoms with Crippen LogP contribution >= 0.6 is 11.3 Å². The molecule has 0 atom stereocenters. The molecule has 0 N–H and O–H groups in total. The number of esters is 1. The summed E-state index contributed by atoms with van der Waals surface area (Å²) in [7, 11) is 3.07. The Morgan fingerprint density at radius 2 is 1.78 bits per heavy atom. The molecule has 32 heavy (non-hydrogen) atoms. The van der Waals surface area contributed by atoms with E-state index in [4.69, 9.17) is 14.2 Å². The number of aliphatic imine (C=N–C) groups is 1. The minimum atomic E-state index is -0.595. The Hall–Kier alpha value is -3.98. The molecule has 1 aromatic heterocycles. The van der Waals surface area contributed by atoms with Crippen molar-refractivity contribution in [2.24, 2.45) is 4.99 Å². The zero-order valence-electron chi connectivity index (χ0n) is 17.6. The predicted octanol–water partition coefficient (Wildman–Crippen LogP) is 4.19. The molecule has 0 saturated heterocycles. The van der Waals surface area contributed by atoms with Gasteiger partial charge in [-0.3, -0.25) is 9.69 Å². The van der Waals surface area contributed by atoms with Gasteiger partial charge in [-0.2, -0.15) is 0 Å². The number of benzene rings is 2. The first-order valence-electron chi connectivity index (χ1n) is 9.56. The molecule has 0 radical (unpaired) electrons. The fraction of sp³-hybridized carbons (Fsp3) is 0.130. The molecule has 0 fully saturated rings. The number of cyclic esters (lactones) is 1. The first-order valence-corrected chi connectivity index (χ1v) is 10.4. The minimum absolute atomic E-state index is 0.104. The normalized spacial score (nSPS) is 14.2. The van der Waals surface area contributed by atoms with Gasteiger partial charge < -0.3 is 14.2 Å². The fourth-order valence-electron chi connectivity index (χ4n) is 3.05. The molecule has 0 spiro atoms. The number of methoxy groups -OCH3 is 2. The Labute approximate surface area is 188 Å². The van der Waals surface area contributed by atoms with Crippen LogP contribution in [-0.2, 0) is 14.3 Å². The number of thiazole rings is 1. The van der Waals surface area contributed by atoms with E-state index in [1.54, 1.807) is 23.6 Å². The third-order valence-electron chi connectivity index (χ3n) is 4.53. The van der Waals surface area contributed by atoms with Crippen molar-refractivity contribution in [1.82, 2.24) is 4.98 Å². The van der Waals surface area contributed by atoms with E-state index in [2.05, 4.69) is 9.98 Å². The molecule has 2 heterocycles. The molecule has 1 aliphatic rings. The molecule has 9 heteroatoms. The number of ether oxygens (including phenoxy) is 3. The molecule has 0 bridgehead atoms. The summed E-state index contributed by atoms with van der Waals surface area (Å²) in [6.45, 7) is 1.47. The number of rotatable bonds is 6. The molecular formula is C23H19N3O5S. The van der Waals surface area contributed by atoms with Crippen molar-refractivity contribution >= 4 is 46.0 Å². The van der Waals surface area contributed by atoms with Crippen LogP contribution in [0, 0.1) is 0 Å². The lowest BCUT2D eigenvalue weighted by molar-refractivity contribution is -0.130. The van der Waals surface area contributed by atoms with Gasteiger partial charge in [-0.25, -0.2) is 14.8 Å². The van der Waals surface area contributed by atoms with E-state index < -0.39 is 5.97 Å². The third kappa shape index (κ3) is 4.37. The number of para-hydroxylation sites is 1. The topological polar surface area (TPSA) is 90.3 Å². The minimum Gasteiger partial charge on any atom is -0.497 e. The van der Waals surface area contributed by atoms with E-state index in [1.165, 1.54) is 43.5 Å². The Bertz CT molecular complexity index is 1210. The Morgan fingerprint density at radius 3 is 2.41 bits per heavy atom. The van der Waals surface area contributed by atoms with E-state index in [9.17, 15) is 9.59 Å². The van der Waals surface area contributed by atoms with Crippen molar-refractivity contribution in [3.63, 3.8) is 0 Å². The second-order valence-electron chi connectivity index (χ2n) is 6.68. The largest absolute Gasteiger partial charge is 0.497 e. The van der Waals surface area contributed by atoms with E-state index in [0.717, 1.165) is 0 Å². The van der Waals surface area contributed by atoms with E-state index in [0.29, 0.717) is 33.6 Å². The number of hydrogen-bond acceptors (Lipinski definition) is 8. The van der Waals surface area contributed by atoms with Gasteiger partial charge in [-0.15, -0.1) is 11.3 Å². The van der Waals surface area contributed by atoms with E-state index in [1.807, 2.05) is 30.3 Å². The van der Waals surface area contributed by atoms with Gasteiger partial charge in [0.2, 0.25) is 11.8 Å². The molecule has 3 aromatic rings. The first kappa shape index (κ1) is 21.3. The summed E-state index contributed by atoms with van der Waals surface area (Å²) in [6.07, 6.45) is 1.52. The molecule has 162 valence electrons. The van der Waals surface area contributed by atoms with Crippen LogP contribution < -0.4 is 14.4 Å². The van der Waals surface area contributed by atoms with Crippen LogP contribution in [0.4, 0.5) is 10.8 Å². The van der Waals surface area contributed by atoms with Gasteiger partial charge in [0.1, 0.15) is 11.5 Å². The van der Waals surface area contributed by atoms with Crippen molar-refractivity contribution < 1.29 is 23.8 Å². The van der Waals surface area contributed by atoms with Crippen LogP contribution in [0.3, 0.4) is 0 Å². The Morgan fingerprint density at radius 1 is 1.09 bits per heavy atom. The SMILES string of the molecule is COc1cc(OC)cc(C2=N/C(=C\c3csc(N(C(C)=O)c4ccccc4)n3)C(=O)O2)c1. The van der Waals surface area contributed by atoms with Crippen LogP contribution in [0.2, 0.25) is 0 Å². The molecule has 1 amide bonds. The highest BCUT2D eigenvalue weighted by Crippen LogP contribution is 2.30. The molecule has 4 rings (SSSR count). The van der Waals surface area contributed by atoms with E-state index in [-0.39, 0.29) is 17.5 Å². The highest BCUT2D eigenvalue weighted by molar-refractivity contribution is 7.14. The second-order valence-corrected chi connectivity index (χ2v) is 7.52. The standard InChI is InChI=1S/C23H19N3O5S/c1-14(27)26(17-7-5-4-6-8-17)23-24-16(13-32-23)11-20-22(28)31-21(25-20)15-9-18(29-2)12-19(10-15)30-3/h4-13H,1-3H3/b20-11-. The van der Waals surface area contributed by atoms with Crippen molar-refractivity contribution in [2.75, 3.05) is 19.1 Å². The molecule has 0 unspecified atom stereocenters. The van der Waals surface area contributed by atoms with Gasteiger partial charge in [0.25, 0.3) is 0 Å². The van der Waals surface area contributed by atoms with Crippen molar-refractivity contribution in [3.05, 3.63) is 70.9 Å². The Kier molecular flexibility index (Phi) is 6.00. The van der Waals surface area contributed by atoms with Gasteiger partial charge in [0.15, 0.2) is 10.8 Å². The average molecular weight is 449 g/mol. The van der Waals surface area contributed by atoms with Gasteiger partial charge in [0, 0.05) is 23.9 Å². The third-order valence-corrected chi connectivity index (χ3v) is 5.38. The smallest absolute Gasteiger partial charge is 0.363 e. The van der Waals surface area contributed by atoms with Gasteiger partial charge >= 0.3 is 5.97 Å². The molecule has 1 aliphatic heterocycles. The number of carbonyl (C=O) groups excluding carboxylic acids is 2. The maximum absolute atomic E-state index is 12.4. The summed E-state index contributed by atoms with van der Waals surface area (Å²) < 4.78 is 15.8.